The van der Waals surface area contributed by atoms with Crippen LogP contribution in [-0.2, 0) is 4.79 Å². The van der Waals surface area contributed by atoms with Gasteiger partial charge in [-0.2, -0.15) is 0 Å². The predicted molar refractivity (Wildman–Crippen MR) is 59.3 cm³/mol. The Morgan fingerprint density at radius 2 is 2.00 bits per heavy atom. The second kappa shape index (κ2) is 7.60. The highest BCUT2D eigenvalue weighted by molar-refractivity contribution is 5.85. The Kier molecular flexibility index (Phi) is 7.17. The van der Waals surface area contributed by atoms with Gasteiger partial charge >= 0.3 is 5.97 Å². The highest BCUT2D eigenvalue weighted by atomic mass is 16.4. The van der Waals surface area contributed by atoms with Gasteiger partial charge in [0.15, 0.2) is 0 Å². The number of carboxylic acids is 1. The average Bonchev–Trinajstić information content (AvgIpc) is 2.16. The number of carbonyl (C=O) groups is 1. The quantitative estimate of drug-likeness (QED) is 0.634. The van der Waals surface area contributed by atoms with Crippen molar-refractivity contribution in [3.8, 4) is 0 Å². The van der Waals surface area contributed by atoms with Crippen LogP contribution >= 0.6 is 0 Å². The molecule has 0 spiro atoms. The Bertz CT molecular complexity index is 194. The molecule has 2 heteroatoms. The van der Waals surface area contributed by atoms with Crippen molar-refractivity contribution in [3.63, 3.8) is 0 Å². The third-order valence-corrected chi connectivity index (χ3v) is 2.64. The Morgan fingerprint density at radius 1 is 1.36 bits per heavy atom. The first kappa shape index (κ1) is 13.2. The van der Waals surface area contributed by atoms with Gasteiger partial charge in [-0.3, -0.25) is 0 Å². The molecular formula is C12H22O2. The van der Waals surface area contributed by atoms with Crippen molar-refractivity contribution >= 4 is 5.97 Å². The second-order valence-corrected chi connectivity index (χ2v) is 3.83. The van der Waals surface area contributed by atoms with E-state index in [2.05, 4.69) is 13.8 Å². The van der Waals surface area contributed by atoms with Crippen LogP contribution < -0.4 is 0 Å². The van der Waals surface area contributed by atoms with Crippen LogP contribution in [0.15, 0.2) is 11.6 Å². The maximum absolute atomic E-state index is 10.5. The highest BCUT2D eigenvalue weighted by Gasteiger charge is 2.04. The minimum Gasteiger partial charge on any atom is -0.478 e. The first-order valence-corrected chi connectivity index (χ1v) is 5.51. The Hall–Kier alpha value is -0.790. The van der Waals surface area contributed by atoms with Crippen LogP contribution in [0.25, 0.3) is 0 Å². The smallest absolute Gasteiger partial charge is 0.330 e. The summed E-state index contributed by atoms with van der Waals surface area (Å²) in [6.45, 7) is 6.05. The van der Waals surface area contributed by atoms with E-state index in [1.54, 1.807) is 6.92 Å². The summed E-state index contributed by atoms with van der Waals surface area (Å²) in [6, 6.07) is 0. The van der Waals surface area contributed by atoms with Crippen molar-refractivity contribution in [2.45, 2.75) is 52.9 Å². The fourth-order valence-electron chi connectivity index (χ4n) is 1.58. The first-order chi connectivity index (χ1) is 6.61. The van der Waals surface area contributed by atoms with E-state index in [1.165, 1.54) is 19.3 Å². The minimum absolute atomic E-state index is 0.469. The monoisotopic (exact) mass is 198 g/mol. The van der Waals surface area contributed by atoms with Crippen LogP contribution in [0.4, 0.5) is 0 Å². The summed E-state index contributed by atoms with van der Waals surface area (Å²) in [4.78, 5) is 10.5. The number of allylic oxidation sites excluding steroid dienone is 1. The molecule has 1 atom stereocenters. The maximum atomic E-state index is 10.5. The Balaban J connectivity index is 3.80. The molecule has 2 nitrogen and oxygen atoms in total. The SMILES string of the molecule is CCCC(CC)CC/C=C(\C)C(=O)O. The van der Waals surface area contributed by atoms with Crippen LogP contribution in [0, 0.1) is 5.92 Å². The molecule has 14 heavy (non-hydrogen) atoms. The third kappa shape index (κ3) is 5.79. The lowest BCUT2D eigenvalue weighted by molar-refractivity contribution is -0.132. The molecule has 0 aliphatic heterocycles. The summed E-state index contributed by atoms with van der Waals surface area (Å²) in [7, 11) is 0. The standard InChI is InChI=1S/C12H22O2/c1-4-7-11(5-2)9-6-8-10(3)12(13)14/h8,11H,4-7,9H2,1-3H3,(H,13,14)/b10-8+. The number of hydrogen-bond acceptors (Lipinski definition) is 1. The summed E-state index contributed by atoms with van der Waals surface area (Å²) in [6.07, 6.45) is 7.54. The lowest BCUT2D eigenvalue weighted by Gasteiger charge is -2.11. The van der Waals surface area contributed by atoms with Crippen molar-refractivity contribution in [3.05, 3.63) is 11.6 Å². The molecule has 0 amide bonds. The Labute approximate surface area is 87.0 Å². The van der Waals surface area contributed by atoms with Gasteiger partial charge in [0, 0.05) is 5.57 Å². The topological polar surface area (TPSA) is 37.3 Å². The molecule has 0 aliphatic rings. The van der Waals surface area contributed by atoms with E-state index >= 15 is 0 Å². The molecule has 0 aliphatic carbocycles. The molecular weight excluding hydrogens is 176 g/mol. The summed E-state index contributed by atoms with van der Waals surface area (Å²) in [5, 5.41) is 8.64. The van der Waals surface area contributed by atoms with E-state index in [0.29, 0.717) is 5.57 Å². The molecule has 0 rings (SSSR count). The van der Waals surface area contributed by atoms with Crippen molar-refractivity contribution < 1.29 is 9.90 Å². The van der Waals surface area contributed by atoms with Gasteiger partial charge < -0.3 is 5.11 Å². The van der Waals surface area contributed by atoms with Gasteiger partial charge in [-0.1, -0.05) is 39.2 Å². The summed E-state index contributed by atoms with van der Waals surface area (Å²) in [5.41, 5.74) is 0.469. The van der Waals surface area contributed by atoms with E-state index in [-0.39, 0.29) is 0 Å². The molecule has 82 valence electrons. The second-order valence-electron chi connectivity index (χ2n) is 3.83. The van der Waals surface area contributed by atoms with E-state index in [1.807, 2.05) is 6.08 Å². The van der Waals surface area contributed by atoms with E-state index in [0.717, 1.165) is 18.8 Å². The maximum Gasteiger partial charge on any atom is 0.330 e. The van der Waals surface area contributed by atoms with Gasteiger partial charge in [0.05, 0.1) is 0 Å². The fourth-order valence-corrected chi connectivity index (χ4v) is 1.58. The van der Waals surface area contributed by atoms with Crippen molar-refractivity contribution in [2.75, 3.05) is 0 Å². The third-order valence-electron chi connectivity index (χ3n) is 2.64. The molecule has 0 aromatic heterocycles. The minimum atomic E-state index is -0.798. The zero-order chi connectivity index (χ0) is 11.0. The van der Waals surface area contributed by atoms with Gasteiger partial charge in [0.25, 0.3) is 0 Å². The molecule has 0 fully saturated rings. The lowest BCUT2D eigenvalue weighted by Crippen LogP contribution is -1.99. The molecule has 0 aromatic carbocycles. The molecule has 0 bridgehead atoms. The van der Waals surface area contributed by atoms with Crippen molar-refractivity contribution in [2.24, 2.45) is 5.92 Å². The fraction of sp³-hybridized carbons (Fsp3) is 0.750. The average molecular weight is 198 g/mol. The van der Waals surface area contributed by atoms with Crippen LogP contribution in [0.3, 0.4) is 0 Å². The number of carboxylic acid groups (broad SMARTS) is 1. The molecule has 0 heterocycles. The molecule has 0 radical (unpaired) electrons. The van der Waals surface area contributed by atoms with Crippen LogP contribution in [0.1, 0.15) is 52.9 Å². The van der Waals surface area contributed by atoms with Gasteiger partial charge in [-0.05, 0) is 25.7 Å². The Morgan fingerprint density at radius 3 is 2.43 bits per heavy atom. The van der Waals surface area contributed by atoms with Crippen LogP contribution in [-0.4, -0.2) is 11.1 Å². The van der Waals surface area contributed by atoms with Crippen molar-refractivity contribution in [1.82, 2.24) is 0 Å². The first-order valence-electron chi connectivity index (χ1n) is 5.51. The van der Waals surface area contributed by atoms with E-state index in [9.17, 15) is 4.79 Å². The molecule has 0 aromatic rings. The van der Waals surface area contributed by atoms with Crippen LogP contribution in [0.2, 0.25) is 0 Å². The molecule has 0 saturated heterocycles. The largest absolute Gasteiger partial charge is 0.478 e. The van der Waals surface area contributed by atoms with Gasteiger partial charge in [0.1, 0.15) is 0 Å². The van der Waals surface area contributed by atoms with E-state index < -0.39 is 5.97 Å². The van der Waals surface area contributed by atoms with E-state index in [4.69, 9.17) is 5.11 Å². The number of aliphatic carboxylic acids is 1. The van der Waals surface area contributed by atoms with Crippen LogP contribution in [0.5, 0.6) is 0 Å². The van der Waals surface area contributed by atoms with Crippen molar-refractivity contribution in [1.29, 1.82) is 0 Å². The number of hydrogen-bond donors (Lipinski definition) is 1. The van der Waals surface area contributed by atoms with Gasteiger partial charge in [-0.15, -0.1) is 0 Å². The van der Waals surface area contributed by atoms with Gasteiger partial charge in [-0.25, -0.2) is 4.79 Å². The number of rotatable bonds is 7. The predicted octanol–water partition coefficient (Wildman–Crippen LogP) is 3.62. The molecule has 1 N–H and O–H groups in total. The lowest BCUT2D eigenvalue weighted by atomic mass is 9.95. The zero-order valence-electron chi connectivity index (χ0n) is 9.55. The normalized spacial score (nSPS) is 14.1. The molecule has 0 saturated carbocycles. The molecule has 1 unspecified atom stereocenters. The summed E-state index contributed by atoms with van der Waals surface area (Å²) < 4.78 is 0. The zero-order valence-corrected chi connectivity index (χ0v) is 9.55. The summed E-state index contributed by atoms with van der Waals surface area (Å²) >= 11 is 0. The highest BCUT2D eigenvalue weighted by Crippen LogP contribution is 2.17. The summed E-state index contributed by atoms with van der Waals surface area (Å²) in [5.74, 6) is -0.0358. The van der Waals surface area contributed by atoms with Gasteiger partial charge in [0.2, 0.25) is 0 Å².